The number of rotatable bonds is 9. The number of anilines is 2. The van der Waals surface area contributed by atoms with Gasteiger partial charge in [-0.2, -0.15) is 21.6 Å². The summed E-state index contributed by atoms with van der Waals surface area (Å²) < 4.78 is 68.8. The molecule has 0 amide bonds. The Morgan fingerprint density at radius 3 is 2.39 bits per heavy atom. The van der Waals surface area contributed by atoms with E-state index < -0.39 is 27.5 Å². The summed E-state index contributed by atoms with van der Waals surface area (Å²) in [5, 5.41) is 2.66. The van der Waals surface area contributed by atoms with Crippen molar-refractivity contribution in [3.63, 3.8) is 0 Å². The molecule has 33 heavy (non-hydrogen) atoms. The summed E-state index contributed by atoms with van der Waals surface area (Å²) >= 11 is 0. The van der Waals surface area contributed by atoms with Crippen molar-refractivity contribution in [1.82, 2.24) is 9.97 Å². The van der Waals surface area contributed by atoms with Crippen LogP contribution in [0.5, 0.6) is 0 Å². The zero-order valence-electron chi connectivity index (χ0n) is 17.4. The van der Waals surface area contributed by atoms with Gasteiger partial charge in [0.1, 0.15) is 11.6 Å². The Bertz CT molecular complexity index is 1270. The molecule has 3 rings (SSSR count). The van der Waals surface area contributed by atoms with Gasteiger partial charge in [-0.3, -0.25) is 4.72 Å². The van der Waals surface area contributed by atoms with Crippen LogP contribution in [0.1, 0.15) is 17.5 Å². The molecule has 0 saturated heterocycles. The fourth-order valence-corrected chi connectivity index (χ4v) is 3.97. The summed E-state index contributed by atoms with van der Waals surface area (Å²) in [5.74, 6) is 0.0596. The van der Waals surface area contributed by atoms with E-state index in [0.29, 0.717) is 24.3 Å². The third-order valence-electron chi connectivity index (χ3n) is 4.53. The fourth-order valence-electron chi connectivity index (χ4n) is 3.00. The number of benzene rings is 1. The molecule has 2 aromatic heterocycles. The number of aromatic nitrogens is 2. The van der Waals surface area contributed by atoms with Crippen LogP contribution in [0.4, 0.5) is 24.8 Å². The van der Waals surface area contributed by atoms with Crippen LogP contribution in [-0.4, -0.2) is 24.9 Å². The van der Waals surface area contributed by atoms with Gasteiger partial charge in [-0.05, 0) is 36.2 Å². The molecule has 0 fully saturated rings. The fraction of sp³-hybridized carbons (Fsp3) is 0.130. The molecule has 0 unspecified atom stereocenters. The predicted molar refractivity (Wildman–Crippen MR) is 123 cm³/mol. The standard InChI is InChI=1S/C23H21F3N4O2S/c1-3-5-15-27-19-11-8-12-21(28-19)33(31,32)30-20-14-13-18(23(24,25)26)22(29-20)17-10-7-6-9-16(17)4-2/h3-4,6-14H,1-2,5,15H2,(H,27,28)(H,29,30). The van der Waals surface area contributed by atoms with Crippen molar-refractivity contribution in [3.05, 3.63) is 85.0 Å². The molecule has 2 heterocycles. The molecule has 1 aromatic carbocycles. The van der Waals surface area contributed by atoms with Crippen molar-refractivity contribution in [2.45, 2.75) is 17.6 Å². The van der Waals surface area contributed by atoms with Gasteiger partial charge in [0.05, 0.1) is 11.3 Å². The van der Waals surface area contributed by atoms with Gasteiger partial charge in [-0.15, -0.1) is 6.58 Å². The van der Waals surface area contributed by atoms with Gasteiger partial charge < -0.3 is 5.32 Å². The van der Waals surface area contributed by atoms with Crippen molar-refractivity contribution in [1.29, 1.82) is 0 Å². The van der Waals surface area contributed by atoms with E-state index in [1.54, 1.807) is 30.3 Å². The SMILES string of the molecule is C=CCCNc1cccc(S(=O)(=O)Nc2ccc(C(F)(F)F)c(-c3ccccc3C=C)n2)n1. The highest BCUT2D eigenvalue weighted by atomic mass is 32.2. The lowest BCUT2D eigenvalue weighted by Crippen LogP contribution is -2.17. The van der Waals surface area contributed by atoms with Gasteiger partial charge >= 0.3 is 6.18 Å². The molecule has 2 N–H and O–H groups in total. The molecule has 0 aliphatic heterocycles. The summed E-state index contributed by atoms with van der Waals surface area (Å²) in [6, 6.07) is 12.4. The molecular weight excluding hydrogens is 453 g/mol. The first-order chi connectivity index (χ1) is 15.7. The number of alkyl halides is 3. The molecule has 6 nitrogen and oxygen atoms in total. The molecule has 10 heteroatoms. The molecular formula is C23H21F3N4O2S. The Morgan fingerprint density at radius 2 is 1.70 bits per heavy atom. The highest BCUT2D eigenvalue weighted by Crippen LogP contribution is 2.38. The molecule has 0 radical (unpaired) electrons. The number of sulfonamides is 1. The summed E-state index contributed by atoms with van der Waals surface area (Å²) in [6.45, 7) is 7.75. The first-order valence-corrected chi connectivity index (χ1v) is 11.3. The lowest BCUT2D eigenvalue weighted by molar-refractivity contribution is -0.137. The number of nitrogens with one attached hydrogen (secondary N) is 2. The van der Waals surface area contributed by atoms with E-state index in [4.69, 9.17) is 0 Å². The van der Waals surface area contributed by atoms with Gasteiger partial charge in [0.25, 0.3) is 10.0 Å². The van der Waals surface area contributed by atoms with Crippen molar-refractivity contribution < 1.29 is 21.6 Å². The third kappa shape index (κ3) is 5.78. The van der Waals surface area contributed by atoms with Crippen molar-refractivity contribution in [3.8, 4) is 11.3 Å². The van der Waals surface area contributed by atoms with Crippen LogP contribution in [0.25, 0.3) is 17.3 Å². The number of hydrogen-bond donors (Lipinski definition) is 2. The van der Waals surface area contributed by atoms with E-state index in [1.807, 2.05) is 0 Å². The van der Waals surface area contributed by atoms with Gasteiger partial charge in [0, 0.05) is 12.1 Å². The predicted octanol–water partition coefficient (Wildman–Crippen LogP) is 5.59. The molecule has 0 saturated carbocycles. The quantitative estimate of drug-likeness (QED) is 0.312. The number of halogens is 3. The highest BCUT2D eigenvalue weighted by molar-refractivity contribution is 7.92. The van der Waals surface area contributed by atoms with Gasteiger partial charge in [-0.1, -0.05) is 49.1 Å². The maximum Gasteiger partial charge on any atom is 0.418 e. The molecule has 3 aromatic rings. The first kappa shape index (κ1) is 24.0. The minimum Gasteiger partial charge on any atom is -0.370 e. The lowest BCUT2D eigenvalue weighted by Gasteiger charge is -2.16. The Kier molecular flexibility index (Phi) is 7.17. The smallest absolute Gasteiger partial charge is 0.370 e. The zero-order valence-corrected chi connectivity index (χ0v) is 18.2. The highest BCUT2D eigenvalue weighted by Gasteiger charge is 2.35. The van der Waals surface area contributed by atoms with Crippen molar-refractivity contribution in [2.24, 2.45) is 0 Å². The second-order valence-electron chi connectivity index (χ2n) is 6.85. The normalized spacial score (nSPS) is 11.6. The Labute approximate surface area is 190 Å². The second-order valence-corrected chi connectivity index (χ2v) is 8.48. The Morgan fingerprint density at radius 1 is 0.939 bits per heavy atom. The largest absolute Gasteiger partial charge is 0.418 e. The van der Waals surface area contributed by atoms with E-state index in [2.05, 4.69) is 33.2 Å². The zero-order chi connectivity index (χ0) is 24.1. The molecule has 0 aliphatic carbocycles. The van der Waals surface area contributed by atoms with Crippen molar-refractivity contribution >= 4 is 27.7 Å². The van der Waals surface area contributed by atoms with Crippen LogP contribution in [-0.2, 0) is 16.2 Å². The number of hydrogen-bond acceptors (Lipinski definition) is 5. The average Bonchev–Trinajstić information content (AvgIpc) is 2.78. The van der Waals surface area contributed by atoms with Crippen LogP contribution in [0.15, 0.2) is 78.9 Å². The van der Waals surface area contributed by atoms with E-state index in [9.17, 15) is 21.6 Å². The van der Waals surface area contributed by atoms with Gasteiger partial charge in [0.2, 0.25) is 0 Å². The van der Waals surface area contributed by atoms with E-state index in [0.717, 1.165) is 12.1 Å². The van der Waals surface area contributed by atoms with E-state index in [1.165, 1.54) is 24.3 Å². The molecule has 0 aliphatic rings. The minimum absolute atomic E-state index is 0.174. The molecule has 0 bridgehead atoms. The summed E-state index contributed by atoms with van der Waals surface area (Å²) in [6.07, 6.45) is -0.932. The number of pyridine rings is 2. The summed E-state index contributed by atoms with van der Waals surface area (Å²) in [5.41, 5.74) is -0.805. The number of nitrogens with zero attached hydrogens (tertiary/aromatic N) is 2. The maximum absolute atomic E-state index is 13.6. The summed E-state index contributed by atoms with van der Waals surface area (Å²) in [7, 11) is -4.21. The molecule has 0 atom stereocenters. The van der Waals surface area contributed by atoms with Gasteiger partial charge in [0.15, 0.2) is 5.03 Å². The molecule has 0 spiro atoms. The van der Waals surface area contributed by atoms with Crippen LogP contribution >= 0.6 is 0 Å². The Hall–Kier alpha value is -3.66. The summed E-state index contributed by atoms with van der Waals surface area (Å²) in [4.78, 5) is 8.06. The van der Waals surface area contributed by atoms with Crippen LogP contribution in [0.2, 0.25) is 0 Å². The molecule has 172 valence electrons. The monoisotopic (exact) mass is 474 g/mol. The van der Waals surface area contributed by atoms with Gasteiger partial charge in [-0.25, -0.2) is 9.97 Å². The second kappa shape index (κ2) is 9.86. The minimum atomic E-state index is -4.69. The van der Waals surface area contributed by atoms with Crippen molar-refractivity contribution in [2.75, 3.05) is 16.6 Å². The third-order valence-corrected chi connectivity index (χ3v) is 5.78. The van der Waals surface area contributed by atoms with Crippen LogP contribution in [0, 0.1) is 0 Å². The van der Waals surface area contributed by atoms with E-state index in [-0.39, 0.29) is 16.4 Å². The maximum atomic E-state index is 13.6. The van der Waals surface area contributed by atoms with E-state index >= 15 is 0 Å². The Balaban J connectivity index is 2.00. The average molecular weight is 475 g/mol. The topological polar surface area (TPSA) is 84.0 Å². The van der Waals surface area contributed by atoms with Crippen LogP contribution in [0.3, 0.4) is 0 Å². The first-order valence-electron chi connectivity index (χ1n) is 9.80. The van der Waals surface area contributed by atoms with Crippen LogP contribution < -0.4 is 10.0 Å². The lowest BCUT2D eigenvalue weighted by atomic mass is 10.00.